The summed E-state index contributed by atoms with van der Waals surface area (Å²) in [5.41, 5.74) is 22.1. The van der Waals surface area contributed by atoms with E-state index in [9.17, 15) is 60.4 Å². The van der Waals surface area contributed by atoms with Crippen molar-refractivity contribution in [1.29, 1.82) is 0 Å². The first kappa shape index (κ1) is 112. The van der Waals surface area contributed by atoms with Gasteiger partial charge in [0.2, 0.25) is 30.1 Å². The van der Waals surface area contributed by atoms with Gasteiger partial charge in [0.05, 0.1) is 38.8 Å². The summed E-state index contributed by atoms with van der Waals surface area (Å²) < 4.78 is 172. The number of aromatic amines is 2. The smallest absolute Gasteiger partial charge is 0.407 e. The molecule has 10 aromatic heterocycles. The van der Waals surface area contributed by atoms with Crippen molar-refractivity contribution in [3.63, 3.8) is 0 Å². The van der Waals surface area contributed by atoms with Gasteiger partial charge in [0.25, 0.3) is 30.1 Å². The fourth-order valence-electron chi connectivity index (χ4n) is 13.9. The summed E-state index contributed by atoms with van der Waals surface area (Å²) in [5.74, 6) is 15.8. The molecule has 0 unspecified atom stereocenters. The monoisotopic (exact) mass is 2370 g/mol. The van der Waals surface area contributed by atoms with E-state index in [1.165, 1.54) is 40.6 Å². The van der Waals surface area contributed by atoms with E-state index in [1.807, 2.05) is 67.6 Å². The maximum atomic E-state index is 13.7. The quantitative estimate of drug-likeness (QED) is 0.00831. The van der Waals surface area contributed by atoms with Crippen molar-refractivity contribution in [1.82, 2.24) is 66.3 Å². The number of aromatic nitrogens is 10. The summed E-state index contributed by atoms with van der Waals surface area (Å²) in [5, 5.41) is 42.2. The van der Waals surface area contributed by atoms with Crippen molar-refractivity contribution in [3.8, 4) is 68.9 Å². The van der Waals surface area contributed by atoms with Gasteiger partial charge in [-0.15, -0.1) is 0 Å². The molecule has 0 aliphatic heterocycles. The number of hydrogen-bond acceptors (Lipinski definition) is 25. The van der Waals surface area contributed by atoms with Gasteiger partial charge in [-0.25, -0.2) is 106 Å². The predicted molar refractivity (Wildman–Crippen MR) is 559 cm³/mol. The molecule has 0 atom stereocenters. The Morgan fingerprint density at radius 2 is 0.775 bits per heavy atom. The second-order valence-corrected chi connectivity index (χ2v) is 45.1. The van der Waals surface area contributed by atoms with E-state index in [0.717, 1.165) is 89.8 Å². The van der Waals surface area contributed by atoms with Crippen LogP contribution in [0.15, 0.2) is 276 Å². The standard InChI is InChI=1S/C30H32N4O7S2.C18H22N4O3S.C18H18N4O3S.C17H13BrN2O3S.C14H10BrIN2O2S.CH3.Pd/c1-21-7-11-25(12-8-21)43(39,40)34-23(6-5-19-35)20-27-26(15-16-31-28(27)34)22-9-13-24(14-10-22)42(37,38)33-18-17-32-29(36)41-30(2,3)4;2*19-8-10-21-26(24,25)15-5-3-13(4-6-15)16-7-9-20-18-17(16)12-14(22-18)2-1-11-23;1-12-4-6-14(7-5-12)24(22,23)20-13(3-2-10-21)11-15-16(18)8-9-19-17(15)20;1-9-2-4-10(5-3-9)21(19,20)18-13(16)8-11-12(15)6-7-17-14(11)18;;/h7-16,20,33,35H,17-19H2,1-4H3,(H,32,36);3-7,9,12,21,23H,1-2,8,10-11,19H2,(H,20,22);3-7,9,12,21,23H,8,10-11,19H2,(H,20,22);4-9,11,21H,10H2,1H3;2-8H,1H3;1H3;/q;;;;;-1;. The third kappa shape index (κ3) is 27.5. The minimum absolute atomic E-state index is 0. The maximum Gasteiger partial charge on any atom is 0.407 e. The molecule has 6 aromatic carbocycles. The van der Waals surface area contributed by atoms with E-state index in [4.69, 9.17) is 31.5 Å². The van der Waals surface area contributed by atoms with E-state index in [0.29, 0.717) is 49.0 Å². The first-order chi connectivity index (χ1) is 66.7. The van der Waals surface area contributed by atoms with Crippen LogP contribution in [0.2, 0.25) is 0 Å². The van der Waals surface area contributed by atoms with E-state index in [1.54, 1.807) is 197 Å². The van der Waals surface area contributed by atoms with Gasteiger partial charge in [-0.1, -0.05) is 107 Å². The molecule has 0 fully saturated rings. The van der Waals surface area contributed by atoms with Crippen LogP contribution in [0.25, 0.3) is 88.5 Å². The molecule has 142 heavy (non-hydrogen) atoms. The molecule has 0 aliphatic carbocycles. The number of hydrogen-bond donors (Lipinski definition) is 12. The molecule has 0 aliphatic rings. The Balaban J connectivity index is 0.000000186. The molecule has 0 saturated heterocycles. The van der Waals surface area contributed by atoms with Crippen molar-refractivity contribution in [2.24, 2.45) is 11.5 Å². The van der Waals surface area contributed by atoms with Crippen molar-refractivity contribution in [2.45, 2.75) is 89.4 Å². The number of carbonyl (C=O) groups is 1. The Labute approximate surface area is 867 Å². The molecule has 44 heteroatoms. The van der Waals surface area contributed by atoms with Gasteiger partial charge in [-0.05, 0) is 293 Å². The zero-order valence-electron chi connectivity index (χ0n) is 77.1. The fourth-order valence-corrected chi connectivity index (χ4v) is 23.4. The number of H-pyrrole nitrogens is 2. The van der Waals surface area contributed by atoms with Gasteiger partial charge in [-0.3, -0.25) is 0 Å². The Bertz CT molecular complexity index is 8190. The fraction of sp³-hybridized carbons (Fsp3) is 0.194. The number of pyridine rings is 5. The van der Waals surface area contributed by atoms with Crippen molar-refractivity contribution in [2.75, 3.05) is 65.7 Å². The first-order valence-electron chi connectivity index (χ1n) is 42.6. The zero-order chi connectivity index (χ0) is 101. The molecule has 14 N–H and O–H groups in total. The van der Waals surface area contributed by atoms with E-state index in [2.05, 4.69) is 122 Å². The molecule has 746 valence electrons. The molecule has 0 spiro atoms. The summed E-state index contributed by atoms with van der Waals surface area (Å²) >= 11 is 8.84. The van der Waals surface area contributed by atoms with Gasteiger partial charge in [-0.2, -0.15) is 0 Å². The molecular formula is C98H98Br2IN16O18PdS6-. The summed E-state index contributed by atoms with van der Waals surface area (Å²) in [4.78, 5) is 40.4. The molecule has 0 saturated carbocycles. The van der Waals surface area contributed by atoms with Crippen LogP contribution in [0.5, 0.6) is 0 Å². The number of halogens is 3. The van der Waals surface area contributed by atoms with Gasteiger partial charge in [0.15, 0.2) is 16.9 Å². The van der Waals surface area contributed by atoms with Crippen molar-refractivity contribution in [3.05, 3.63) is 297 Å². The average molecular weight is 2370 g/mol. The number of benzene rings is 6. The average Bonchev–Trinajstić information content (AvgIpc) is 1.60. The Morgan fingerprint density at radius 3 is 1.18 bits per heavy atom. The summed E-state index contributed by atoms with van der Waals surface area (Å²) in [6, 6.07) is 57.1. The predicted octanol–water partition coefficient (Wildman–Crippen LogP) is 12.7. The summed E-state index contributed by atoms with van der Waals surface area (Å²) in [6.45, 7) is 10.8. The Morgan fingerprint density at radius 1 is 0.430 bits per heavy atom. The topological polar surface area (TPSA) is 523 Å². The third-order valence-corrected chi connectivity index (χ3v) is 32.6. The third-order valence-electron chi connectivity index (χ3n) is 20.5. The van der Waals surface area contributed by atoms with Crippen molar-refractivity contribution < 1.29 is 101 Å². The Hall–Kier alpha value is -11.6. The number of fused-ring (bicyclic) bond motifs is 5. The maximum absolute atomic E-state index is 13.7. The number of aliphatic hydroxyl groups is 4. The van der Waals surface area contributed by atoms with Crippen LogP contribution in [-0.4, -0.2) is 195 Å². The number of aliphatic hydroxyl groups excluding tert-OH is 4. The van der Waals surface area contributed by atoms with Crippen LogP contribution in [0.4, 0.5) is 4.79 Å². The molecule has 0 radical (unpaired) electrons. The number of nitrogens with one attached hydrogen (secondary N) is 6. The second kappa shape index (κ2) is 49.6. The van der Waals surface area contributed by atoms with Crippen LogP contribution in [0.3, 0.4) is 0 Å². The van der Waals surface area contributed by atoms with E-state index >= 15 is 0 Å². The zero-order valence-corrected chi connectivity index (χ0v) is 88.9. The van der Waals surface area contributed by atoms with Crippen LogP contribution in [-0.2, 0) is 91.7 Å². The first-order valence-corrected chi connectivity index (χ1v) is 54.1. The normalized spacial score (nSPS) is 11.6. The van der Waals surface area contributed by atoms with Crippen LogP contribution >= 0.6 is 54.5 Å². The van der Waals surface area contributed by atoms with Gasteiger partial charge >= 0.3 is 6.09 Å². The Kier molecular flexibility index (Phi) is 39.3. The molecule has 1 amide bonds. The summed E-state index contributed by atoms with van der Waals surface area (Å²) in [7, 11) is -22.6. The van der Waals surface area contributed by atoms with E-state index in [-0.39, 0.29) is 139 Å². The number of nitrogens with two attached hydrogens (primary N) is 2. The summed E-state index contributed by atoms with van der Waals surface area (Å²) in [6.07, 6.45) is 8.75. The molecule has 34 nitrogen and oxygen atoms in total. The molecule has 16 aromatic rings. The second-order valence-electron chi connectivity index (χ2n) is 31.6. The van der Waals surface area contributed by atoms with E-state index < -0.39 is 78.4 Å². The van der Waals surface area contributed by atoms with Gasteiger partial charge in [0, 0.05) is 139 Å². The number of amides is 1. The molecule has 10 heterocycles. The number of aryl methyl sites for hydroxylation is 4. The number of rotatable bonds is 25. The number of sulfonamides is 3. The van der Waals surface area contributed by atoms with Crippen LogP contribution in [0.1, 0.15) is 66.7 Å². The molecule has 16 rings (SSSR count). The van der Waals surface area contributed by atoms with Gasteiger partial charge < -0.3 is 59.3 Å². The molecule has 0 bridgehead atoms. The van der Waals surface area contributed by atoms with Crippen LogP contribution < -0.4 is 31.0 Å². The largest absolute Gasteiger partial charge is 0.444 e. The minimum atomic E-state index is -4.10. The minimum Gasteiger partial charge on any atom is -0.444 e. The number of alkyl carbamates (subject to hydrolysis) is 1. The molecular weight excluding hydrogens is 2270 g/mol. The number of carbonyl (C=O) groups excluding carboxylic acids is 1. The number of ether oxygens (including phenoxy) is 1. The van der Waals surface area contributed by atoms with Crippen molar-refractivity contribution >= 4 is 176 Å². The SMILES string of the molecule is Cc1ccc(S(=O)(=O)n2c(C#CCO)cc3c(-c4ccc(S(=O)(=O)NCCNC(=O)OC(C)(C)C)cc4)ccnc32)cc1.Cc1ccc(S(=O)(=O)n2c(C#CCO)cc3c(Br)ccnc32)cc1.Cc1ccc(S(=O)(=O)n2c(I)cc3c(Br)ccnc32)cc1.NCCNS(=O)(=O)c1ccc(-c2ccnc3[nH]c(C#CCO)cc23)cc1.NCCNS(=O)(=O)c1ccc(-c2ccnc3[nH]c(CCCO)cc23)cc1.[CH3-].[Pd]. The number of nitrogens with zero attached hydrogens (tertiary/aromatic N) is 8. The van der Waals surface area contributed by atoms with Gasteiger partial charge in [0.1, 0.15) is 48.1 Å². The van der Waals surface area contributed by atoms with Crippen LogP contribution in [0, 0.1) is 67.4 Å².